The maximum absolute atomic E-state index is 12.7. The lowest BCUT2D eigenvalue weighted by Gasteiger charge is -2.27. The molecule has 1 fully saturated rings. The van der Waals surface area contributed by atoms with E-state index in [-0.39, 0.29) is 5.91 Å². The average Bonchev–Trinajstić information content (AvgIpc) is 3.15. The molecule has 24 heavy (non-hydrogen) atoms. The molecule has 1 aliphatic rings. The van der Waals surface area contributed by atoms with Crippen LogP contribution in [0.2, 0.25) is 0 Å². The Kier molecular flexibility index (Phi) is 4.61. The van der Waals surface area contributed by atoms with Crippen molar-refractivity contribution in [2.75, 3.05) is 5.32 Å². The van der Waals surface area contributed by atoms with E-state index in [1.54, 1.807) is 17.0 Å². The Hall–Kier alpha value is -2.67. The summed E-state index contributed by atoms with van der Waals surface area (Å²) in [5.74, 6) is -0.0654. The van der Waals surface area contributed by atoms with E-state index in [4.69, 9.17) is 5.73 Å². The number of aryl methyl sites for hydroxylation is 1. The molecule has 0 bridgehead atoms. The van der Waals surface area contributed by atoms with Crippen LogP contribution in [0.4, 0.5) is 5.95 Å². The SMILES string of the molecule is Cn1ccnc1NC(=O)[C@H]1CC[C@@H](C(N)=O)N1Cc1ccccc1. The number of imidazole rings is 1. The Morgan fingerprint density at radius 3 is 2.58 bits per heavy atom. The highest BCUT2D eigenvalue weighted by atomic mass is 16.2. The van der Waals surface area contributed by atoms with Crippen molar-refractivity contribution < 1.29 is 9.59 Å². The largest absolute Gasteiger partial charge is 0.368 e. The summed E-state index contributed by atoms with van der Waals surface area (Å²) in [4.78, 5) is 30.4. The lowest BCUT2D eigenvalue weighted by molar-refractivity contribution is -0.125. The third-order valence-corrected chi connectivity index (χ3v) is 4.41. The summed E-state index contributed by atoms with van der Waals surface area (Å²) in [6.45, 7) is 0.507. The third-order valence-electron chi connectivity index (χ3n) is 4.41. The van der Waals surface area contributed by atoms with Gasteiger partial charge >= 0.3 is 0 Å². The molecule has 0 unspecified atom stereocenters. The monoisotopic (exact) mass is 327 g/mol. The normalized spacial score (nSPS) is 20.9. The van der Waals surface area contributed by atoms with Crippen molar-refractivity contribution in [2.45, 2.75) is 31.5 Å². The van der Waals surface area contributed by atoms with Crippen molar-refractivity contribution >= 4 is 17.8 Å². The summed E-state index contributed by atoms with van der Waals surface area (Å²) in [6.07, 6.45) is 4.56. The van der Waals surface area contributed by atoms with E-state index in [1.807, 2.05) is 42.3 Å². The standard InChI is InChI=1S/C17H21N5O2/c1-21-10-9-19-17(21)20-16(24)14-8-7-13(15(18)23)22(14)11-12-5-3-2-4-6-12/h2-6,9-10,13-14H,7-8,11H2,1H3,(H2,18,23)(H,19,20,24)/t13-,14+/m0/s1. The Labute approximate surface area is 140 Å². The van der Waals surface area contributed by atoms with Crippen molar-refractivity contribution in [1.29, 1.82) is 0 Å². The lowest BCUT2D eigenvalue weighted by Crippen LogP contribution is -2.47. The van der Waals surface area contributed by atoms with Gasteiger partial charge in [0.05, 0.1) is 12.1 Å². The molecule has 7 heteroatoms. The molecule has 1 aromatic carbocycles. The summed E-state index contributed by atoms with van der Waals surface area (Å²) in [7, 11) is 1.81. The Bertz CT molecular complexity index is 728. The maximum Gasteiger partial charge on any atom is 0.244 e. The van der Waals surface area contributed by atoms with Gasteiger partial charge in [-0.05, 0) is 18.4 Å². The molecule has 3 N–H and O–H groups in total. The second-order valence-corrected chi connectivity index (χ2v) is 6.02. The van der Waals surface area contributed by atoms with Gasteiger partial charge in [-0.3, -0.25) is 19.8 Å². The van der Waals surface area contributed by atoms with Crippen molar-refractivity contribution in [2.24, 2.45) is 12.8 Å². The zero-order valence-electron chi connectivity index (χ0n) is 13.6. The molecule has 3 rings (SSSR count). The summed E-state index contributed by atoms with van der Waals surface area (Å²) in [5, 5.41) is 2.83. The van der Waals surface area contributed by atoms with Crippen LogP contribution in [0.5, 0.6) is 0 Å². The number of rotatable bonds is 5. The highest BCUT2D eigenvalue weighted by molar-refractivity contribution is 5.94. The lowest BCUT2D eigenvalue weighted by atomic mass is 10.1. The van der Waals surface area contributed by atoms with Crippen LogP contribution in [0, 0.1) is 0 Å². The molecule has 2 heterocycles. The maximum atomic E-state index is 12.7. The van der Waals surface area contributed by atoms with Gasteiger partial charge in [0.1, 0.15) is 0 Å². The van der Waals surface area contributed by atoms with Gasteiger partial charge in [0.25, 0.3) is 0 Å². The third kappa shape index (κ3) is 3.30. The quantitative estimate of drug-likeness (QED) is 0.852. The molecule has 1 aromatic heterocycles. The number of carbonyl (C=O) groups excluding carboxylic acids is 2. The predicted molar refractivity (Wildman–Crippen MR) is 89.8 cm³/mol. The van der Waals surface area contributed by atoms with Gasteiger partial charge in [0.15, 0.2) is 0 Å². The van der Waals surface area contributed by atoms with E-state index in [1.165, 1.54) is 0 Å². The molecule has 0 saturated carbocycles. The highest BCUT2D eigenvalue weighted by Gasteiger charge is 2.40. The first-order valence-electron chi connectivity index (χ1n) is 7.93. The van der Waals surface area contributed by atoms with E-state index >= 15 is 0 Å². The van der Waals surface area contributed by atoms with Crippen molar-refractivity contribution in [3.8, 4) is 0 Å². The number of benzene rings is 1. The number of amides is 2. The molecular weight excluding hydrogens is 306 g/mol. The first-order chi connectivity index (χ1) is 11.6. The van der Waals surface area contributed by atoms with E-state index in [9.17, 15) is 9.59 Å². The zero-order valence-corrected chi connectivity index (χ0v) is 13.6. The number of hydrogen-bond acceptors (Lipinski definition) is 4. The molecule has 0 radical (unpaired) electrons. The second kappa shape index (κ2) is 6.84. The fourth-order valence-corrected chi connectivity index (χ4v) is 3.15. The molecule has 2 amide bonds. The zero-order chi connectivity index (χ0) is 17.1. The van der Waals surface area contributed by atoms with Crippen LogP contribution in [0.15, 0.2) is 42.7 Å². The van der Waals surface area contributed by atoms with Crippen molar-refractivity contribution in [3.05, 3.63) is 48.3 Å². The summed E-state index contributed by atoms with van der Waals surface area (Å²) >= 11 is 0. The molecule has 0 aliphatic carbocycles. The van der Waals surface area contributed by atoms with Crippen LogP contribution in [0.25, 0.3) is 0 Å². The molecule has 1 saturated heterocycles. The Morgan fingerprint density at radius 2 is 1.96 bits per heavy atom. The number of nitrogens with one attached hydrogen (secondary N) is 1. The van der Waals surface area contributed by atoms with E-state index in [0.29, 0.717) is 25.3 Å². The predicted octanol–water partition coefficient (Wildman–Crippen LogP) is 0.877. The number of nitrogens with two attached hydrogens (primary N) is 1. The van der Waals surface area contributed by atoms with Gasteiger partial charge in [0, 0.05) is 26.0 Å². The summed E-state index contributed by atoms with van der Waals surface area (Å²) in [5.41, 5.74) is 6.58. The highest BCUT2D eigenvalue weighted by Crippen LogP contribution is 2.27. The molecule has 2 aromatic rings. The average molecular weight is 327 g/mol. The molecule has 1 aliphatic heterocycles. The fourth-order valence-electron chi connectivity index (χ4n) is 3.15. The number of likely N-dealkylation sites (tertiary alicyclic amines) is 1. The minimum absolute atomic E-state index is 0.163. The first-order valence-corrected chi connectivity index (χ1v) is 7.93. The molecule has 0 spiro atoms. The fraction of sp³-hybridized carbons (Fsp3) is 0.353. The number of hydrogen-bond donors (Lipinski definition) is 2. The van der Waals surface area contributed by atoms with E-state index < -0.39 is 18.0 Å². The van der Waals surface area contributed by atoms with E-state index in [2.05, 4.69) is 10.3 Å². The topological polar surface area (TPSA) is 93.2 Å². The number of nitrogens with zero attached hydrogens (tertiary/aromatic N) is 3. The number of primary amides is 1. The van der Waals surface area contributed by atoms with Crippen LogP contribution in [0.1, 0.15) is 18.4 Å². The van der Waals surface area contributed by atoms with Gasteiger partial charge in [-0.1, -0.05) is 30.3 Å². The number of carbonyl (C=O) groups is 2. The molecule has 126 valence electrons. The van der Waals surface area contributed by atoms with Crippen LogP contribution >= 0.6 is 0 Å². The summed E-state index contributed by atoms with van der Waals surface area (Å²) in [6, 6.07) is 8.93. The molecular formula is C17H21N5O2. The second-order valence-electron chi connectivity index (χ2n) is 6.02. The minimum Gasteiger partial charge on any atom is -0.368 e. The van der Waals surface area contributed by atoms with Crippen LogP contribution in [-0.2, 0) is 23.2 Å². The van der Waals surface area contributed by atoms with Crippen LogP contribution in [-0.4, -0.2) is 38.3 Å². The minimum atomic E-state index is -0.428. The number of anilines is 1. The smallest absolute Gasteiger partial charge is 0.244 e. The van der Waals surface area contributed by atoms with Crippen LogP contribution < -0.4 is 11.1 Å². The van der Waals surface area contributed by atoms with Gasteiger partial charge in [-0.25, -0.2) is 4.98 Å². The van der Waals surface area contributed by atoms with Crippen molar-refractivity contribution in [1.82, 2.24) is 14.5 Å². The molecule has 2 atom stereocenters. The number of aromatic nitrogens is 2. The molecule has 7 nitrogen and oxygen atoms in total. The van der Waals surface area contributed by atoms with Crippen molar-refractivity contribution in [3.63, 3.8) is 0 Å². The van der Waals surface area contributed by atoms with E-state index in [0.717, 1.165) is 5.56 Å². The van der Waals surface area contributed by atoms with Gasteiger partial charge in [-0.2, -0.15) is 0 Å². The van der Waals surface area contributed by atoms with Gasteiger partial charge < -0.3 is 10.3 Å². The Morgan fingerprint density at radius 1 is 1.25 bits per heavy atom. The summed E-state index contributed by atoms with van der Waals surface area (Å²) < 4.78 is 1.74. The van der Waals surface area contributed by atoms with Gasteiger partial charge in [-0.15, -0.1) is 0 Å². The van der Waals surface area contributed by atoms with Crippen LogP contribution in [0.3, 0.4) is 0 Å². The van der Waals surface area contributed by atoms with Gasteiger partial charge in [0.2, 0.25) is 17.8 Å². The Balaban J connectivity index is 1.78. The first kappa shape index (κ1) is 16.2.